The summed E-state index contributed by atoms with van der Waals surface area (Å²) in [4.78, 5) is 1.92. The van der Waals surface area contributed by atoms with Crippen LogP contribution >= 0.6 is 0 Å². The minimum absolute atomic E-state index is 0.0735. The Morgan fingerprint density at radius 1 is 1.21 bits per heavy atom. The van der Waals surface area contributed by atoms with Crippen molar-refractivity contribution in [3.05, 3.63) is 58.3 Å². The molecule has 28 heavy (non-hydrogen) atoms. The number of allylic oxidation sites excluding steroid dienone is 2. The molecule has 3 rings (SSSR count). The summed E-state index contributed by atoms with van der Waals surface area (Å²) >= 11 is 0. The minimum Gasteiger partial charge on any atom is -0.399 e. The summed E-state index contributed by atoms with van der Waals surface area (Å²) in [6.07, 6.45) is -2.77. The van der Waals surface area contributed by atoms with E-state index in [1.54, 1.807) is 6.08 Å². The number of hydrogen-bond donors (Lipinski definition) is 1. The first-order valence-electron chi connectivity index (χ1n) is 8.48. The summed E-state index contributed by atoms with van der Waals surface area (Å²) in [6, 6.07) is 10.4. The Hall–Kier alpha value is -3.28. The fourth-order valence-electron chi connectivity index (χ4n) is 4.11. The van der Waals surface area contributed by atoms with E-state index in [9.17, 15) is 29.0 Å². The predicted octanol–water partition coefficient (Wildman–Crippen LogP) is 3.06. The van der Waals surface area contributed by atoms with Crippen molar-refractivity contribution >= 4 is 0 Å². The molecular formula is C20H16F3N5. The lowest BCUT2D eigenvalue weighted by Gasteiger charge is -2.45. The summed E-state index contributed by atoms with van der Waals surface area (Å²) in [5.41, 5.74) is 3.98. The zero-order chi connectivity index (χ0) is 20.7. The number of nitrogens with two attached hydrogens (primary N) is 1. The van der Waals surface area contributed by atoms with E-state index in [0.29, 0.717) is 18.7 Å². The summed E-state index contributed by atoms with van der Waals surface area (Å²) in [7, 11) is 1.82. The van der Waals surface area contributed by atoms with Gasteiger partial charge in [0.2, 0.25) is 0 Å². The van der Waals surface area contributed by atoms with Crippen molar-refractivity contribution in [1.29, 1.82) is 15.8 Å². The maximum Gasteiger partial charge on any atom is 0.416 e. The SMILES string of the molecule is CN1CC=C2C(C#N)=C(N)C(C#N)(C#N)[C@@H](c3cccc(C(F)(F)F)c3)[C@H]2C1. The highest BCUT2D eigenvalue weighted by Gasteiger charge is 2.54. The van der Waals surface area contributed by atoms with Gasteiger partial charge in [0.05, 0.1) is 29.0 Å². The van der Waals surface area contributed by atoms with E-state index >= 15 is 0 Å². The summed E-state index contributed by atoms with van der Waals surface area (Å²) in [6.45, 7) is 0.919. The van der Waals surface area contributed by atoms with E-state index in [-0.39, 0.29) is 16.8 Å². The van der Waals surface area contributed by atoms with E-state index < -0.39 is 29.0 Å². The zero-order valence-electron chi connectivity index (χ0n) is 15.0. The summed E-state index contributed by atoms with van der Waals surface area (Å²) < 4.78 is 39.8. The molecule has 8 heteroatoms. The summed E-state index contributed by atoms with van der Waals surface area (Å²) in [5, 5.41) is 29.4. The van der Waals surface area contributed by atoms with Crippen molar-refractivity contribution in [1.82, 2.24) is 4.90 Å². The molecule has 1 aliphatic heterocycles. The number of halogens is 3. The van der Waals surface area contributed by atoms with Crippen LogP contribution in [0, 0.1) is 45.3 Å². The molecule has 0 unspecified atom stereocenters. The van der Waals surface area contributed by atoms with E-state index in [4.69, 9.17) is 5.73 Å². The van der Waals surface area contributed by atoms with Crippen LogP contribution in [0.25, 0.3) is 0 Å². The van der Waals surface area contributed by atoms with Crippen LogP contribution in [-0.4, -0.2) is 25.0 Å². The number of alkyl halides is 3. The molecule has 0 spiro atoms. The van der Waals surface area contributed by atoms with Crippen molar-refractivity contribution in [2.75, 3.05) is 20.1 Å². The van der Waals surface area contributed by atoms with Gasteiger partial charge in [-0.05, 0) is 24.3 Å². The maximum absolute atomic E-state index is 13.3. The van der Waals surface area contributed by atoms with Gasteiger partial charge < -0.3 is 10.6 Å². The Kier molecular flexibility index (Phi) is 4.67. The van der Waals surface area contributed by atoms with Gasteiger partial charge in [-0.1, -0.05) is 24.3 Å². The molecule has 1 aromatic carbocycles. The van der Waals surface area contributed by atoms with Crippen molar-refractivity contribution in [2.45, 2.75) is 12.1 Å². The molecule has 2 N–H and O–H groups in total. The third-order valence-corrected chi connectivity index (χ3v) is 5.42. The van der Waals surface area contributed by atoms with Crippen LogP contribution in [0.5, 0.6) is 0 Å². The van der Waals surface area contributed by atoms with Crippen LogP contribution in [0.2, 0.25) is 0 Å². The number of likely N-dealkylation sites (N-methyl/N-ethyl adjacent to an activating group) is 1. The average Bonchev–Trinajstić information content (AvgIpc) is 2.67. The molecule has 2 aliphatic rings. The van der Waals surface area contributed by atoms with E-state index in [0.717, 1.165) is 12.1 Å². The quantitative estimate of drug-likeness (QED) is 0.803. The van der Waals surface area contributed by atoms with Crippen molar-refractivity contribution in [3.8, 4) is 18.2 Å². The van der Waals surface area contributed by atoms with Crippen molar-refractivity contribution < 1.29 is 13.2 Å². The first-order chi connectivity index (χ1) is 13.2. The van der Waals surface area contributed by atoms with Gasteiger partial charge in [-0.3, -0.25) is 0 Å². The molecule has 1 aromatic rings. The van der Waals surface area contributed by atoms with Crippen LogP contribution in [0.15, 0.2) is 47.2 Å². The lowest BCUT2D eigenvalue weighted by Crippen LogP contribution is -2.47. The van der Waals surface area contributed by atoms with Crippen LogP contribution in [0.1, 0.15) is 17.0 Å². The van der Waals surface area contributed by atoms with Gasteiger partial charge in [0.25, 0.3) is 0 Å². The molecule has 0 aromatic heterocycles. The third kappa shape index (κ3) is 2.81. The van der Waals surface area contributed by atoms with Gasteiger partial charge in [0, 0.05) is 24.9 Å². The molecule has 1 aliphatic carbocycles. The average molecular weight is 383 g/mol. The molecule has 0 bridgehead atoms. The van der Waals surface area contributed by atoms with E-state index in [1.165, 1.54) is 12.1 Å². The molecule has 5 nitrogen and oxygen atoms in total. The van der Waals surface area contributed by atoms with E-state index in [2.05, 4.69) is 0 Å². The predicted molar refractivity (Wildman–Crippen MR) is 93.7 cm³/mol. The van der Waals surface area contributed by atoms with Gasteiger partial charge in [-0.15, -0.1) is 0 Å². The summed E-state index contributed by atoms with van der Waals surface area (Å²) in [5.74, 6) is -1.45. The molecule has 1 heterocycles. The van der Waals surface area contributed by atoms with Crippen LogP contribution in [-0.2, 0) is 6.18 Å². The van der Waals surface area contributed by atoms with Gasteiger partial charge >= 0.3 is 6.18 Å². The highest BCUT2D eigenvalue weighted by molar-refractivity contribution is 5.59. The molecular weight excluding hydrogens is 367 g/mol. The van der Waals surface area contributed by atoms with E-state index in [1.807, 2.05) is 30.2 Å². The number of nitrogens with zero attached hydrogens (tertiary/aromatic N) is 4. The number of nitriles is 3. The minimum atomic E-state index is -4.56. The van der Waals surface area contributed by atoms with Crippen molar-refractivity contribution in [2.24, 2.45) is 17.1 Å². The molecule has 0 amide bonds. The van der Waals surface area contributed by atoms with Crippen LogP contribution in [0.4, 0.5) is 13.2 Å². The van der Waals surface area contributed by atoms with Gasteiger partial charge in [-0.25, -0.2) is 0 Å². The fourth-order valence-corrected chi connectivity index (χ4v) is 4.11. The number of hydrogen-bond acceptors (Lipinski definition) is 5. The smallest absolute Gasteiger partial charge is 0.399 e. The van der Waals surface area contributed by atoms with Gasteiger partial charge in [0.15, 0.2) is 5.41 Å². The maximum atomic E-state index is 13.3. The molecule has 0 saturated heterocycles. The lowest BCUT2D eigenvalue weighted by molar-refractivity contribution is -0.137. The topological polar surface area (TPSA) is 101 Å². The zero-order valence-corrected chi connectivity index (χ0v) is 15.0. The monoisotopic (exact) mass is 383 g/mol. The van der Waals surface area contributed by atoms with Gasteiger partial charge in [-0.2, -0.15) is 29.0 Å². The number of rotatable bonds is 1. The van der Waals surface area contributed by atoms with Crippen molar-refractivity contribution in [3.63, 3.8) is 0 Å². The second-order valence-electron chi connectivity index (χ2n) is 7.02. The van der Waals surface area contributed by atoms with Gasteiger partial charge in [0.1, 0.15) is 6.07 Å². The second kappa shape index (κ2) is 6.71. The molecule has 0 saturated carbocycles. The Morgan fingerprint density at radius 2 is 1.89 bits per heavy atom. The highest BCUT2D eigenvalue weighted by atomic mass is 19.4. The molecule has 2 atom stereocenters. The Balaban J connectivity index is 2.32. The first kappa shape index (κ1) is 19.5. The molecule has 0 fully saturated rings. The van der Waals surface area contributed by atoms with Crippen LogP contribution < -0.4 is 5.73 Å². The number of fused-ring (bicyclic) bond motifs is 1. The molecule has 142 valence electrons. The Bertz CT molecular complexity index is 986. The lowest BCUT2D eigenvalue weighted by atomic mass is 9.58. The fraction of sp³-hybridized carbons (Fsp3) is 0.350. The first-order valence-corrected chi connectivity index (χ1v) is 8.48. The Morgan fingerprint density at radius 3 is 2.46 bits per heavy atom. The highest BCUT2D eigenvalue weighted by Crippen LogP contribution is 2.54. The number of benzene rings is 1. The largest absolute Gasteiger partial charge is 0.416 e. The third-order valence-electron chi connectivity index (χ3n) is 5.42. The second-order valence-corrected chi connectivity index (χ2v) is 7.02. The normalized spacial score (nSPS) is 24.4. The van der Waals surface area contributed by atoms with Crippen LogP contribution in [0.3, 0.4) is 0 Å². The Labute approximate surface area is 160 Å². The molecule has 0 radical (unpaired) electrons. The standard InChI is InChI=1S/C20H16F3N5/c1-28-6-5-14-15(8-24)18(27)19(10-25,11-26)17(16(14)9-28)12-3-2-4-13(7-12)20(21,22)23/h2-5,7,16-17H,6,9,27H2,1H3/t16-,17-/m0/s1.